The number of amides is 2. The van der Waals surface area contributed by atoms with Crippen LogP contribution in [0.2, 0.25) is 0 Å². The molecule has 0 spiro atoms. The summed E-state index contributed by atoms with van der Waals surface area (Å²) < 4.78 is 0. The Morgan fingerprint density at radius 2 is 1.95 bits per heavy atom. The number of hydrogen-bond acceptors (Lipinski definition) is 2. The van der Waals surface area contributed by atoms with Crippen molar-refractivity contribution >= 4 is 11.7 Å². The van der Waals surface area contributed by atoms with Crippen molar-refractivity contribution in [3.8, 4) is 0 Å². The van der Waals surface area contributed by atoms with E-state index in [1.54, 1.807) is 0 Å². The molecule has 1 heterocycles. The van der Waals surface area contributed by atoms with Gasteiger partial charge in [-0.05, 0) is 32.4 Å². The lowest BCUT2D eigenvalue weighted by Crippen LogP contribution is -2.63. The van der Waals surface area contributed by atoms with E-state index in [1.807, 2.05) is 11.0 Å². The number of anilines is 1. The first kappa shape index (κ1) is 14.7. The standard InChI is InChI=1S/C16H25N3O/c1-4-10-17-15(20)19-12-11-18(13-16(19,2)3)14-8-6-5-7-9-14/h5-9H,4,10-13H2,1-3H3,(H,17,20). The van der Waals surface area contributed by atoms with Gasteiger partial charge in [0.1, 0.15) is 0 Å². The van der Waals surface area contributed by atoms with Crippen LogP contribution < -0.4 is 10.2 Å². The topological polar surface area (TPSA) is 35.6 Å². The number of urea groups is 1. The van der Waals surface area contributed by atoms with E-state index < -0.39 is 0 Å². The van der Waals surface area contributed by atoms with Crippen LogP contribution in [0.25, 0.3) is 0 Å². The van der Waals surface area contributed by atoms with Crippen molar-refractivity contribution in [2.45, 2.75) is 32.7 Å². The van der Waals surface area contributed by atoms with Crippen molar-refractivity contribution in [1.29, 1.82) is 0 Å². The summed E-state index contributed by atoms with van der Waals surface area (Å²) in [6.07, 6.45) is 0.968. The van der Waals surface area contributed by atoms with Crippen molar-refractivity contribution in [1.82, 2.24) is 10.2 Å². The van der Waals surface area contributed by atoms with Crippen LogP contribution in [0.3, 0.4) is 0 Å². The van der Waals surface area contributed by atoms with Gasteiger partial charge in [0.25, 0.3) is 0 Å². The number of benzene rings is 1. The summed E-state index contributed by atoms with van der Waals surface area (Å²) in [6.45, 7) is 9.58. The van der Waals surface area contributed by atoms with Crippen molar-refractivity contribution < 1.29 is 4.79 Å². The van der Waals surface area contributed by atoms with E-state index in [-0.39, 0.29) is 11.6 Å². The lowest BCUT2D eigenvalue weighted by molar-refractivity contribution is 0.124. The molecule has 0 saturated carbocycles. The van der Waals surface area contributed by atoms with Gasteiger partial charge >= 0.3 is 6.03 Å². The number of carbonyl (C=O) groups is 1. The molecule has 1 saturated heterocycles. The van der Waals surface area contributed by atoms with E-state index in [4.69, 9.17) is 0 Å². The van der Waals surface area contributed by atoms with Crippen LogP contribution in [-0.4, -0.2) is 42.6 Å². The third-order valence-electron chi connectivity index (χ3n) is 3.79. The summed E-state index contributed by atoms with van der Waals surface area (Å²) >= 11 is 0. The van der Waals surface area contributed by atoms with Gasteiger partial charge in [0.15, 0.2) is 0 Å². The number of carbonyl (C=O) groups excluding carboxylic acids is 1. The molecule has 0 unspecified atom stereocenters. The summed E-state index contributed by atoms with van der Waals surface area (Å²) in [5.74, 6) is 0. The number of hydrogen-bond donors (Lipinski definition) is 1. The number of piperazine rings is 1. The molecule has 1 fully saturated rings. The zero-order chi connectivity index (χ0) is 14.6. The zero-order valence-electron chi connectivity index (χ0n) is 12.7. The molecule has 110 valence electrons. The third-order valence-corrected chi connectivity index (χ3v) is 3.79. The highest BCUT2D eigenvalue weighted by Crippen LogP contribution is 2.25. The van der Waals surface area contributed by atoms with Gasteiger partial charge in [-0.2, -0.15) is 0 Å². The van der Waals surface area contributed by atoms with Gasteiger partial charge in [-0.3, -0.25) is 0 Å². The van der Waals surface area contributed by atoms with Crippen LogP contribution in [-0.2, 0) is 0 Å². The molecular weight excluding hydrogens is 250 g/mol. The smallest absolute Gasteiger partial charge is 0.317 e. The zero-order valence-corrected chi connectivity index (χ0v) is 12.7. The van der Waals surface area contributed by atoms with Gasteiger partial charge in [0, 0.05) is 31.9 Å². The van der Waals surface area contributed by atoms with E-state index in [2.05, 4.69) is 55.3 Å². The molecule has 20 heavy (non-hydrogen) atoms. The molecule has 1 N–H and O–H groups in total. The van der Waals surface area contributed by atoms with Crippen LogP contribution in [0.5, 0.6) is 0 Å². The molecule has 1 aliphatic rings. The quantitative estimate of drug-likeness (QED) is 0.920. The fourth-order valence-electron chi connectivity index (χ4n) is 2.72. The third kappa shape index (κ3) is 3.24. The second-order valence-corrected chi connectivity index (χ2v) is 5.95. The van der Waals surface area contributed by atoms with Gasteiger partial charge in [0.05, 0.1) is 5.54 Å². The Balaban J connectivity index is 2.04. The Hall–Kier alpha value is -1.71. The second kappa shape index (κ2) is 6.16. The highest BCUT2D eigenvalue weighted by atomic mass is 16.2. The van der Waals surface area contributed by atoms with E-state index in [1.165, 1.54) is 5.69 Å². The maximum Gasteiger partial charge on any atom is 0.317 e. The van der Waals surface area contributed by atoms with Gasteiger partial charge < -0.3 is 15.1 Å². The normalized spacial score (nSPS) is 17.9. The molecule has 0 atom stereocenters. The molecule has 1 aromatic carbocycles. The lowest BCUT2D eigenvalue weighted by atomic mass is 9.98. The molecule has 4 nitrogen and oxygen atoms in total. The second-order valence-electron chi connectivity index (χ2n) is 5.95. The van der Waals surface area contributed by atoms with Gasteiger partial charge in [-0.15, -0.1) is 0 Å². The Labute approximate surface area is 121 Å². The van der Waals surface area contributed by atoms with E-state index in [0.29, 0.717) is 0 Å². The minimum atomic E-state index is -0.161. The minimum absolute atomic E-state index is 0.0598. The molecule has 2 amide bonds. The van der Waals surface area contributed by atoms with Crippen molar-refractivity contribution in [2.75, 3.05) is 31.1 Å². The number of para-hydroxylation sites is 1. The van der Waals surface area contributed by atoms with Crippen LogP contribution in [0.1, 0.15) is 27.2 Å². The summed E-state index contributed by atoms with van der Waals surface area (Å²) in [4.78, 5) is 16.5. The predicted molar refractivity (Wildman–Crippen MR) is 83.1 cm³/mol. The molecule has 0 aliphatic carbocycles. The number of nitrogens with one attached hydrogen (secondary N) is 1. The van der Waals surface area contributed by atoms with Crippen LogP contribution in [0.15, 0.2) is 30.3 Å². The maximum atomic E-state index is 12.2. The predicted octanol–water partition coefficient (Wildman–Crippen LogP) is 2.71. The maximum absolute atomic E-state index is 12.2. The molecular formula is C16H25N3O. The number of nitrogens with zero attached hydrogens (tertiary/aromatic N) is 2. The lowest BCUT2D eigenvalue weighted by Gasteiger charge is -2.47. The molecule has 0 bridgehead atoms. The van der Waals surface area contributed by atoms with Crippen LogP contribution in [0.4, 0.5) is 10.5 Å². The largest absolute Gasteiger partial charge is 0.367 e. The highest BCUT2D eigenvalue weighted by molar-refractivity contribution is 5.75. The van der Waals surface area contributed by atoms with Crippen LogP contribution in [0, 0.1) is 0 Å². The Morgan fingerprint density at radius 3 is 2.55 bits per heavy atom. The summed E-state index contributed by atoms with van der Waals surface area (Å²) in [5, 5.41) is 2.98. The first-order valence-electron chi connectivity index (χ1n) is 7.40. The Morgan fingerprint density at radius 1 is 1.25 bits per heavy atom. The van der Waals surface area contributed by atoms with Gasteiger partial charge in [0.2, 0.25) is 0 Å². The van der Waals surface area contributed by atoms with E-state index >= 15 is 0 Å². The van der Waals surface area contributed by atoms with E-state index in [9.17, 15) is 4.79 Å². The molecule has 4 heteroatoms. The first-order valence-corrected chi connectivity index (χ1v) is 7.40. The van der Waals surface area contributed by atoms with Crippen molar-refractivity contribution in [2.24, 2.45) is 0 Å². The monoisotopic (exact) mass is 275 g/mol. The van der Waals surface area contributed by atoms with Crippen molar-refractivity contribution in [3.63, 3.8) is 0 Å². The summed E-state index contributed by atoms with van der Waals surface area (Å²) in [7, 11) is 0. The Kier molecular flexibility index (Phi) is 4.53. The molecule has 1 aliphatic heterocycles. The van der Waals surface area contributed by atoms with Crippen LogP contribution >= 0.6 is 0 Å². The molecule has 2 rings (SSSR count). The molecule has 0 radical (unpaired) electrons. The fraction of sp³-hybridized carbons (Fsp3) is 0.562. The molecule has 0 aromatic heterocycles. The first-order chi connectivity index (χ1) is 9.54. The molecule has 1 aromatic rings. The summed E-state index contributed by atoms with van der Waals surface area (Å²) in [5.41, 5.74) is 1.07. The van der Waals surface area contributed by atoms with Crippen molar-refractivity contribution in [3.05, 3.63) is 30.3 Å². The van der Waals surface area contributed by atoms with E-state index in [0.717, 1.165) is 32.6 Å². The Bertz CT molecular complexity index is 444. The number of rotatable bonds is 3. The fourth-order valence-corrected chi connectivity index (χ4v) is 2.72. The minimum Gasteiger partial charge on any atom is -0.367 e. The van der Waals surface area contributed by atoms with Gasteiger partial charge in [-0.25, -0.2) is 4.79 Å². The van der Waals surface area contributed by atoms with Gasteiger partial charge in [-0.1, -0.05) is 25.1 Å². The average Bonchev–Trinajstić information content (AvgIpc) is 2.44. The highest BCUT2D eigenvalue weighted by Gasteiger charge is 2.36. The SMILES string of the molecule is CCCNC(=O)N1CCN(c2ccccc2)CC1(C)C. The average molecular weight is 275 g/mol. The summed E-state index contributed by atoms with van der Waals surface area (Å²) in [6, 6.07) is 10.5.